The van der Waals surface area contributed by atoms with Crippen LogP contribution in [0.4, 0.5) is 11.4 Å². The van der Waals surface area contributed by atoms with Gasteiger partial charge in [-0.05, 0) is 41.3 Å². The van der Waals surface area contributed by atoms with Gasteiger partial charge in [0.15, 0.2) is 6.61 Å². The standard InChI is InChI=1S/C21H26N2O3/c1-21(2,3)16-9-11-17(12-10-16)22-19(24)14-26-20(25)15-7-6-8-18(13-15)23(4)5/h6-13H,14H2,1-5H3,(H,22,24). The molecule has 0 spiro atoms. The van der Waals surface area contributed by atoms with E-state index in [1.54, 1.807) is 18.2 Å². The first kappa shape index (κ1) is 19.5. The Balaban J connectivity index is 1.90. The summed E-state index contributed by atoms with van der Waals surface area (Å²) in [7, 11) is 3.78. The maximum Gasteiger partial charge on any atom is 0.338 e. The van der Waals surface area contributed by atoms with E-state index in [-0.39, 0.29) is 17.9 Å². The average Bonchev–Trinajstić information content (AvgIpc) is 2.59. The molecular weight excluding hydrogens is 328 g/mol. The molecule has 0 unspecified atom stereocenters. The van der Waals surface area contributed by atoms with Gasteiger partial charge in [-0.2, -0.15) is 0 Å². The highest BCUT2D eigenvalue weighted by atomic mass is 16.5. The number of carbonyl (C=O) groups excluding carboxylic acids is 2. The molecule has 0 aliphatic rings. The van der Waals surface area contributed by atoms with Gasteiger partial charge >= 0.3 is 5.97 Å². The molecule has 1 N–H and O–H groups in total. The summed E-state index contributed by atoms with van der Waals surface area (Å²) in [6.45, 7) is 6.06. The number of anilines is 2. The van der Waals surface area contributed by atoms with Crippen LogP contribution in [0.25, 0.3) is 0 Å². The van der Waals surface area contributed by atoms with E-state index >= 15 is 0 Å². The van der Waals surface area contributed by atoms with Gasteiger partial charge in [-0.1, -0.05) is 39.0 Å². The molecule has 0 fully saturated rings. The fourth-order valence-corrected chi connectivity index (χ4v) is 2.38. The maximum atomic E-state index is 12.1. The van der Waals surface area contributed by atoms with Gasteiger partial charge in [-0.15, -0.1) is 0 Å². The normalized spacial score (nSPS) is 11.0. The Kier molecular flexibility index (Phi) is 6.03. The van der Waals surface area contributed by atoms with Crippen LogP contribution in [0.3, 0.4) is 0 Å². The summed E-state index contributed by atoms with van der Waals surface area (Å²) in [6, 6.07) is 14.7. The van der Waals surface area contributed by atoms with Gasteiger partial charge in [0.05, 0.1) is 5.56 Å². The van der Waals surface area contributed by atoms with Crippen LogP contribution in [0.15, 0.2) is 48.5 Å². The third-order valence-corrected chi connectivity index (χ3v) is 3.97. The molecular formula is C21H26N2O3. The number of hydrogen-bond donors (Lipinski definition) is 1. The molecule has 0 saturated heterocycles. The van der Waals surface area contributed by atoms with Crippen LogP contribution in [-0.2, 0) is 14.9 Å². The molecule has 138 valence electrons. The van der Waals surface area contributed by atoms with Crippen LogP contribution < -0.4 is 10.2 Å². The zero-order chi connectivity index (χ0) is 19.3. The van der Waals surface area contributed by atoms with Gasteiger partial charge in [0.25, 0.3) is 5.91 Å². The first-order valence-electron chi connectivity index (χ1n) is 8.52. The van der Waals surface area contributed by atoms with E-state index in [1.807, 2.05) is 49.3 Å². The van der Waals surface area contributed by atoms with Gasteiger partial charge < -0.3 is 15.0 Å². The molecule has 2 aromatic rings. The summed E-state index contributed by atoms with van der Waals surface area (Å²) >= 11 is 0. The number of hydrogen-bond acceptors (Lipinski definition) is 4. The molecule has 5 heteroatoms. The molecule has 0 radical (unpaired) electrons. The Labute approximate surface area is 155 Å². The van der Waals surface area contributed by atoms with Crippen molar-refractivity contribution >= 4 is 23.3 Å². The van der Waals surface area contributed by atoms with Crippen molar-refractivity contribution in [1.29, 1.82) is 0 Å². The number of ether oxygens (including phenoxy) is 1. The van der Waals surface area contributed by atoms with Crippen molar-refractivity contribution < 1.29 is 14.3 Å². The molecule has 5 nitrogen and oxygen atoms in total. The summed E-state index contributed by atoms with van der Waals surface area (Å²) in [6.07, 6.45) is 0. The predicted octanol–water partition coefficient (Wildman–Crippen LogP) is 3.85. The van der Waals surface area contributed by atoms with E-state index in [0.717, 1.165) is 5.69 Å². The zero-order valence-corrected chi connectivity index (χ0v) is 16.0. The minimum absolute atomic E-state index is 0.0547. The van der Waals surface area contributed by atoms with Crippen molar-refractivity contribution in [3.63, 3.8) is 0 Å². The Morgan fingerprint density at radius 3 is 2.27 bits per heavy atom. The summed E-state index contributed by atoms with van der Waals surface area (Å²) in [5.74, 6) is -0.891. The molecule has 26 heavy (non-hydrogen) atoms. The van der Waals surface area contributed by atoms with Crippen molar-refractivity contribution in [3.05, 3.63) is 59.7 Å². The molecule has 0 atom stereocenters. The van der Waals surface area contributed by atoms with Gasteiger partial charge in [0.2, 0.25) is 0 Å². The van der Waals surface area contributed by atoms with Crippen LogP contribution >= 0.6 is 0 Å². The maximum absolute atomic E-state index is 12.1. The number of carbonyl (C=O) groups is 2. The third kappa shape index (κ3) is 5.34. The number of esters is 1. The minimum atomic E-state index is -0.521. The third-order valence-electron chi connectivity index (χ3n) is 3.97. The fourth-order valence-electron chi connectivity index (χ4n) is 2.38. The van der Waals surface area contributed by atoms with E-state index in [9.17, 15) is 9.59 Å². The van der Waals surface area contributed by atoms with Crippen molar-refractivity contribution in [2.24, 2.45) is 0 Å². The van der Waals surface area contributed by atoms with Crippen molar-refractivity contribution in [1.82, 2.24) is 0 Å². The first-order chi connectivity index (χ1) is 12.2. The highest BCUT2D eigenvalue weighted by Gasteiger charge is 2.14. The molecule has 2 rings (SSSR count). The van der Waals surface area contributed by atoms with Gasteiger partial charge in [0.1, 0.15) is 0 Å². The van der Waals surface area contributed by atoms with Gasteiger partial charge in [0, 0.05) is 25.5 Å². The Bertz CT molecular complexity index is 775. The van der Waals surface area contributed by atoms with Crippen LogP contribution in [0.1, 0.15) is 36.7 Å². The highest BCUT2D eigenvalue weighted by Crippen LogP contribution is 2.23. The molecule has 0 aromatic heterocycles. The minimum Gasteiger partial charge on any atom is -0.452 e. The number of amides is 1. The summed E-state index contributed by atoms with van der Waals surface area (Å²) in [5, 5.41) is 2.73. The lowest BCUT2D eigenvalue weighted by molar-refractivity contribution is -0.119. The van der Waals surface area contributed by atoms with Crippen LogP contribution in [-0.4, -0.2) is 32.6 Å². The fraction of sp³-hybridized carbons (Fsp3) is 0.333. The van der Waals surface area contributed by atoms with Crippen molar-refractivity contribution in [2.45, 2.75) is 26.2 Å². The monoisotopic (exact) mass is 354 g/mol. The van der Waals surface area contributed by atoms with E-state index in [4.69, 9.17) is 4.74 Å². The number of nitrogens with one attached hydrogen (secondary N) is 1. The van der Waals surface area contributed by atoms with E-state index < -0.39 is 5.97 Å². The Hall–Kier alpha value is -2.82. The van der Waals surface area contributed by atoms with Gasteiger partial charge in [-0.25, -0.2) is 4.79 Å². The molecule has 0 heterocycles. The Morgan fingerprint density at radius 2 is 1.69 bits per heavy atom. The number of nitrogens with zero attached hydrogens (tertiary/aromatic N) is 1. The molecule has 0 saturated carbocycles. The summed E-state index contributed by atoms with van der Waals surface area (Å²) in [4.78, 5) is 26.0. The van der Waals surface area contributed by atoms with E-state index in [2.05, 4.69) is 26.1 Å². The second-order valence-corrected chi connectivity index (χ2v) is 7.40. The number of benzene rings is 2. The zero-order valence-electron chi connectivity index (χ0n) is 16.0. The topological polar surface area (TPSA) is 58.6 Å². The lowest BCUT2D eigenvalue weighted by Gasteiger charge is -2.19. The molecule has 0 aliphatic heterocycles. The predicted molar refractivity (Wildman–Crippen MR) is 105 cm³/mol. The van der Waals surface area contributed by atoms with Crippen LogP contribution in [0, 0.1) is 0 Å². The summed E-state index contributed by atoms with van der Waals surface area (Å²) < 4.78 is 5.11. The first-order valence-corrected chi connectivity index (χ1v) is 8.52. The van der Waals surface area contributed by atoms with Crippen molar-refractivity contribution in [2.75, 3.05) is 30.9 Å². The second kappa shape index (κ2) is 8.04. The lowest BCUT2D eigenvalue weighted by Crippen LogP contribution is -2.21. The molecule has 0 bridgehead atoms. The largest absolute Gasteiger partial charge is 0.452 e. The SMILES string of the molecule is CN(C)c1cccc(C(=O)OCC(=O)Nc2ccc(C(C)(C)C)cc2)c1. The van der Waals surface area contributed by atoms with Crippen LogP contribution in [0.5, 0.6) is 0 Å². The molecule has 0 aliphatic carbocycles. The number of rotatable bonds is 5. The van der Waals surface area contributed by atoms with Crippen LogP contribution in [0.2, 0.25) is 0 Å². The smallest absolute Gasteiger partial charge is 0.338 e. The van der Waals surface area contributed by atoms with Gasteiger partial charge in [-0.3, -0.25) is 4.79 Å². The molecule has 2 aromatic carbocycles. The van der Waals surface area contributed by atoms with E-state index in [1.165, 1.54) is 5.56 Å². The van der Waals surface area contributed by atoms with E-state index in [0.29, 0.717) is 11.3 Å². The average molecular weight is 354 g/mol. The van der Waals surface area contributed by atoms with Crippen molar-refractivity contribution in [3.8, 4) is 0 Å². The quantitative estimate of drug-likeness (QED) is 0.829. The Morgan fingerprint density at radius 1 is 1.04 bits per heavy atom. The lowest BCUT2D eigenvalue weighted by atomic mass is 9.87. The highest BCUT2D eigenvalue weighted by molar-refractivity contribution is 5.95. The molecule has 1 amide bonds. The second-order valence-electron chi connectivity index (χ2n) is 7.40. The summed E-state index contributed by atoms with van der Waals surface area (Å²) in [5.41, 5.74) is 3.22.